The molecule has 0 radical (unpaired) electrons. The molecule has 0 bridgehead atoms. The van der Waals surface area contributed by atoms with Crippen molar-refractivity contribution < 1.29 is 32.3 Å². The molecular formula is C17H24F3N4O3S+. The average molecular weight is 421 g/mol. The van der Waals surface area contributed by atoms with Gasteiger partial charge in [-0.3, -0.25) is 15.6 Å². The van der Waals surface area contributed by atoms with Gasteiger partial charge in [-0.25, -0.2) is 0 Å². The zero-order chi connectivity index (χ0) is 20.4. The van der Waals surface area contributed by atoms with Gasteiger partial charge < -0.3 is 19.7 Å². The molecule has 1 amide bonds. The van der Waals surface area contributed by atoms with E-state index in [4.69, 9.17) is 21.7 Å². The van der Waals surface area contributed by atoms with Gasteiger partial charge >= 0.3 is 6.18 Å². The Morgan fingerprint density at radius 2 is 2.00 bits per heavy atom. The maximum atomic E-state index is 12.6. The minimum atomic E-state index is -4.47. The summed E-state index contributed by atoms with van der Waals surface area (Å²) in [4.78, 5) is 13.2. The first-order valence-corrected chi connectivity index (χ1v) is 9.29. The fourth-order valence-corrected chi connectivity index (χ4v) is 2.72. The molecule has 1 aromatic carbocycles. The van der Waals surface area contributed by atoms with E-state index in [0.717, 1.165) is 51.4 Å². The molecule has 0 saturated carbocycles. The monoisotopic (exact) mass is 421 g/mol. The van der Waals surface area contributed by atoms with Gasteiger partial charge in [-0.2, -0.15) is 13.2 Å². The van der Waals surface area contributed by atoms with Gasteiger partial charge in [0.2, 0.25) is 0 Å². The first-order valence-electron chi connectivity index (χ1n) is 8.88. The highest BCUT2D eigenvalue weighted by molar-refractivity contribution is 7.80. The first-order chi connectivity index (χ1) is 13.3. The van der Waals surface area contributed by atoms with Gasteiger partial charge in [-0.1, -0.05) is 6.07 Å². The first kappa shape index (κ1) is 22.2. The van der Waals surface area contributed by atoms with Crippen molar-refractivity contribution in [1.82, 2.24) is 16.2 Å². The lowest BCUT2D eigenvalue weighted by atomic mass is 10.2. The molecule has 0 atom stereocenters. The largest absolute Gasteiger partial charge is 0.484 e. The Labute approximate surface area is 166 Å². The van der Waals surface area contributed by atoms with Crippen LogP contribution < -0.4 is 25.8 Å². The van der Waals surface area contributed by atoms with Crippen LogP contribution in [0, 0.1) is 0 Å². The predicted octanol–water partition coefficient (Wildman–Crippen LogP) is -0.115. The molecule has 0 aliphatic carbocycles. The summed E-state index contributed by atoms with van der Waals surface area (Å²) in [5.74, 6) is -0.615. The number of thiocarbonyl (C=S) groups is 1. The van der Waals surface area contributed by atoms with Gasteiger partial charge in [0.25, 0.3) is 5.91 Å². The van der Waals surface area contributed by atoms with Crippen LogP contribution in [0.3, 0.4) is 0 Å². The van der Waals surface area contributed by atoms with E-state index in [1.807, 2.05) is 0 Å². The molecule has 1 saturated heterocycles. The molecule has 1 fully saturated rings. The molecule has 1 aliphatic rings. The number of hydrazine groups is 1. The van der Waals surface area contributed by atoms with E-state index in [0.29, 0.717) is 6.54 Å². The summed E-state index contributed by atoms with van der Waals surface area (Å²) >= 11 is 5.05. The molecule has 0 aromatic heterocycles. The molecule has 1 aliphatic heterocycles. The number of benzene rings is 1. The number of amides is 1. The Balaban J connectivity index is 1.58. The Bertz CT molecular complexity index is 655. The smallest absolute Gasteiger partial charge is 0.416 e. The highest BCUT2D eigenvalue weighted by atomic mass is 32.1. The molecule has 7 nitrogen and oxygen atoms in total. The van der Waals surface area contributed by atoms with E-state index in [2.05, 4.69) is 16.2 Å². The van der Waals surface area contributed by atoms with Crippen molar-refractivity contribution in [3.05, 3.63) is 29.8 Å². The molecule has 0 unspecified atom stereocenters. The van der Waals surface area contributed by atoms with Crippen LogP contribution in [0.1, 0.15) is 12.0 Å². The number of morpholine rings is 1. The van der Waals surface area contributed by atoms with Crippen molar-refractivity contribution in [1.29, 1.82) is 0 Å². The Morgan fingerprint density at radius 3 is 2.71 bits per heavy atom. The standard InChI is InChI=1S/C17H23F3N4O3S/c18-17(19,20)13-3-1-4-14(11-13)27-12-15(25)22-23-16(28)21-5-2-6-24-7-9-26-10-8-24/h1,3-4,11H,2,5-10,12H2,(H,22,25)(H2,21,23,28)/p+1. The Kier molecular flexibility index (Phi) is 8.74. The van der Waals surface area contributed by atoms with Gasteiger partial charge in [0.1, 0.15) is 18.8 Å². The number of quaternary nitrogens is 1. The quantitative estimate of drug-likeness (QED) is 0.280. The predicted molar refractivity (Wildman–Crippen MR) is 99.8 cm³/mol. The SMILES string of the molecule is O=C(COc1cccc(C(F)(F)F)c1)NNC(=S)NCCC[NH+]1CCOCC1. The summed E-state index contributed by atoms with van der Waals surface area (Å²) in [6.07, 6.45) is -3.55. The molecule has 1 heterocycles. The van der Waals surface area contributed by atoms with Crippen LogP contribution >= 0.6 is 12.2 Å². The third-order valence-electron chi connectivity index (χ3n) is 4.04. The number of hydrogen-bond acceptors (Lipinski definition) is 4. The lowest BCUT2D eigenvalue weighted by Gasteiger charge is -2.23. The van der Waals surface area contributed by atoms with Crippen molar-refractivity contribution in [2.45, 2.75) is 12.6 Å². The second-order valence-corrected chi connectivity index (χ2v) is 6.62. The summed E-state index contributed by atoms with van der Waals surface area (Å²) < 4.78 is 48.3. The lowest BCUT2D eigenvalue weighted by Crippen LogP contribution is -3.14. The summed E-state index contributed by atoms with van der Waals surface area (Å²) in [7, 11) is 0. The van der Waals surface area contributed by atoms with Gasteiger partial charge in [0.15, 0.2) is 11.7 Å². The topological polar surface area (TPSA) is 76.1 Å². The van der Waals surface area contributed by atoms with Gasteiger partial charge in [-0.05, 0) is 30.4 Å². The zero-order valence-corrected chi connectivity index (χ0v) is 16.0. The van der Waals surface area contributed by atoms with Crippen molar-refractivity contribution in [3.63, 3.8) is 0 Å². The van der Waals surface area contributed by atoms with Crippen LogP contribution in [0.4, 0.5) is 13.2 Å². The number of rotatable bonds is 7. The highest BCUT2D eigenvalue weighted by Gasteiger charge is 2.30. The van der Waals surface area contributed by atoms with Gasteiger partial charge in [0.05, 0.1) is 25.3 Å². The average Bonchev–Trinajstić information content (AvgIpc) is 2.68. The van der Waals surface area contributed by atoms with E-state index >= 15 is 0 Å². The molecule has 0 spiro atoms. The van der Waals surface area contributed by atoms with Gasteiger partial charge in [0, 0.05) is 13.0 Å². The van der Waals surface area contributed by atoms with Crippen LogP contribution in [0.5, 0.6) is 5.75 Å². The van der Waals surface area contributed by atoms with Crippen LogP contribution in [-0.2, 0) is 15.7 Å². The number of alkyl halides is 3. The second-order valence-electron chi connectivity index (χ2n) is 6.21. The van der Waals surface area contributed by atoms with Crippen LogP contribution in [0.25, 0.3) is 0 Å². The van der Waals surface area contributed by atoms with Crippen molar-refractivity contribution in [2.75, 3.05) is 46.0 Å². The van der Waals surface area contributed by atoms with Crippen molar-refractivity contribution in [2.24, 2.45) is 0 Å². The lowest BCUT2D eigenvalue weighted by molar-refractivity contribution is -0.908. The van der Waals surface area contributed by atoms with E-state index < -0.39 is 24.3 Å². The van der Waals surface area contributed by atoms with E-state index in [1.165, 1.54) is 17.0 Å². The number of ether oxygens (including phenoxy) is 2. The van der Waals surface area contributed by atoms with E-state index in [1.54, 1.807) is 0 Å². The number of nitrogens with one attached hydrogen (secondary N) is 4. The number of hydrogen-bond donors (Lipinski definition) is 4. The normalized spacial score (nSPS) is 15.0. The summed E-state index contributed by atoms with van der Waals surface area (Å²) in [6, 6.07) is 4.33. The van der Waals surface area contributed by atoms with Crippen LogP contribution in [-0.4, -0.2) is 57.0 Å². The molecule has 28 heavy (non-hydrogen) atoms. The van der Waals surface area contributed by atoms with Crippen molar-refractivity contribution >= 4 is 23.2 Å². The fraction of sp³-hybridized carbons (Fsp3) is 0.529. The van der Waals surface area contributed by atoms with E-state index in [9.17, 15) is 18.0 Å². The maximum absolute atomic E-state index is 12.6. The number of carbonyl (C=O) groups is 1. The van der Waals surface area contributed by atoms with Crippen LogP contribution in [0.2, 0.25) is 0 Å². The minimum absolute atomic E-state index is 0.0451. The molecule has 11 heteroatoms. The van der Waals surface area contributed by atoms with E-state index in [-0.39, 0.29) is 10.9 Å². The third kappa shape index (κ3) is 8.28. The molecule has 156 valence electrons. The highest BCUT2D eigenvalue weighted by Crippen LogP contribution is 2.31. The molecular weight excluding hydrogens is 397 g/mol. The molecule has 1 aromatic rings. The third-order valence-corrected chi connectivity index (χ3v) is 4.29. The Hall–Kier alpha value is -2.11. The van der Waals surface area contributed by atoms with Crippen molar-refractivity contribution in [3.8, 4) is 5.75 Å². The molecule has 2 rings (SSSR count). The summed E-state index contributed by atoms with van der Waals surface area (Å²) in [5, 5.41) is 3.22. The maximum Gasteiger partial charge on any atom is 0.416 e. The number of halogens is 3. The second kappa shape index (κ2) is 11.0. The van der Waals surface area contributed by atoms with Crippen LogP contribution in [0.15, 0.2) is 24.3 Å². The summed E-state index contributed by atoms with van der Waals surface area (Å²) in [5.41, 5.74) is 4.01. The minimum Gasteiger partial charge on any atom is -0.484 e. The zero-order valence-electron chi connectivity index (χ0n) is 15.2. The number of carbonyl (C=O) groups excluding carboxylic acids is 1. The molecule has 4 N–H and O–H groups in total. The summed E-state index contributed by atoms with van der Waals surface area (Å²) in [6.45, 7) is 4.81. The Morgan fingerprint density at radius 1 is 1.25 bits per heavy atom. The fourth-order valence-electron chi connectivity index (χ4n) is 2.57. The van der Waals surface area contributed by atoms with Gasteiger partial charge in [-0.15, -0.1) is 0 Å².